The maximum Gasteiger partial charge on any atom is 0.206 e. The fourth-order valence-corrected chi connectivity index (χ4v) is 4.66. The summed E-state index contributed by atoms with van der Waals surface area (Å²) in [7, 11) is 0. The van der Waals surface area contributed by atoms with Crippen molar-refractivity contribution in [1.82, 2.24) is 9.66 Å². The molecule has 1 N–H and O–H groups in total. The molecular weight excluding hydrogens is 352 g/mol. The molecule has 3 aromatic rings. The molecule has 0 spiro atoms. The Morgan fingerprint density at radius 3 is 2.67 bits per heavy atom. The van der Waals surface area contributed by atoms with E-state index in [1.165, 1.54) is 43.2 Å². The molecule has 1 saturated carbocycles. The highest BCUT2D eigenvalue weighted by Gasteiger charge is 2.16. The third-order valence-corrected chi connectivity index (χ3v) is 6.05. The van der Waals surface area contributed by atoms with Crippen molar-refractivity contribution in [3.05, 3.63) is 64.0 Å². The van der Waals surface area contributed by atoms with E-state index in [0.717, 1.165) is 28.7 Å². The number of hydrogen-bond donors (Lipinski definition) is 1. The van der Waals surface area contributed by atoms with Crippen LogP contribution in [0, 0.1) is 0 Å². The van der Waals surface area contributed by atoms with Crippen LogP contribution in [0.5, 0.6) is 0 Å². The molecule has 0 bridgehead atoms. The number of H-pyrrole nitrogens is 1. The van der Waals surface area contributed by atoms with E-state index in [1.54, 1.807) is 11.3 Å². The summed E-state index contributed by atoms with van der Waals surface area (Å²) in [6.45, 7) is 2.80. The maximum atomic E-state index is 4.69. The fourth-order valence-electron chi connectivity index (χ4n) is 3.76. The molecule has 0 saturated heterocycles. The first kappa shape index (κ1) is 18.0. The summed E-state index contributed by atoms with van der Waals surface area (Å²) in [5, 5.41) is 6.84. The maximum absolute atomic E-state index is 4.69. The van der Waals surface area contributed by atoms with E-state index in [1.807, 2.05) is 29.2 Å². The lowest BCUT2D eigenvalue weighted by molar-refractivity contribution is 0.443. The van der Waals surface area contributed by atoms with Gasteiger partial charge >= 0.3 is 0 Å². The molecule has 0 aliphatic heterocycles. The van der Waals surface area contributed by atoms with Crippen LogP contribution in [0.25, 0.3) is 11.3 Å². The zero-order valence-corrected chi connectivity index (χ0v) is 16.6. The van der Waals surface area contributed by atoms with E-state index in [4.69, 9.17) is 5.10 Å². The van der Waals surface area contributed by atoms with Crippen LogP contribution >= 0.6 is 11.3 Å². The largest absolute Gasteiger partial charge is 0.360 e. The summed E-state index contributed by atoms with van der Waals surface area (Å²) in [5.74, 6) is 0.735. The van der Waals surface area contributed by atoms with Crippen molar-refractivity contribution in [1.29, 1.82) is 0 Å². The standard InChI is InChI=1S/C22H26N4S/c1-2-23-22-26(25-15-20-9-6-14-24-20)21(16-27-22)19-12-10-18(11-13-19)17-7-4-3-5-8-17/h6,9-17,24H,2-5,7-8H2,1H3. The Morgan fingerprint density at radius 2 is 1.96 bits per heavy atom. The third-order valence-electron chi connectivity index (χ3n) is 5.20. The van der Waals surface area contributed by atoms with E-state index in [0.29, 0.717) is 0 Å². The zero-order valence-electron chi connectivity index (χ0n) is 15.8. The molecule has 1 fully saturated rings. The van der Waals surface area contributed by atoms with Crippen LogP contribution < -0.4 is 4.80 Å². The van der Waals surface area contributed by atoms with Crippen molar-refractivity contribution in [3.8, 4) is 11.3 Å². The highest BCUT2D eigenvalue weighted by molar-refractivity contribution is 7.07. The predicted molar refractivity (Wildman–Crippen MR) is 113 cm³/mol. The molecule has 1 aromatic carbocycles. The first-order valence-electron chi connectivity index (χ1n) is 9.84. The van der Waals surface area contributed by atoms with Gasteiger partial charge in [0, 0.05) is 23.7 Å². The summed E-state index contributed by atoms with van der Waals surface area (Å²) in [6, 6.07) is 13.1. The summed E-state index contributed by atoms with van der Waals surface area (Å²) < 4.78 is 1.95. The topological polar surface area (TPSA) is 45.4 Å². The molecule has 4 rings (SSSR count). The summed E-state index contributed by atoms with van der Waals surface area (Å²) >= 11 is 1.64. The first-order valence-corrected chi connectivity index (χ1v) is 10.7. The van der Waals surface area contributed by atoms with E-state index in [-0.39, 0.29) is 0 Å². The average Bonchev–Trinajstić information content (AvgIpc) is 3.37. The van der Waals surface area contributed by atoms with Crippen LogP contribution in [0.3, 0.4) is 0 Å². The minimum Gasteiger partial charge on any atom is -0.360 e. The van der Waals surface area contributed by atoms with Crippen molar-refractivity contribution >= 4 is 17.6 Å². The average molecular weight is 379 g/mol. The molecule has 0 atom stereocenters. The molecule has 0 amide bonds. The number of nitrogens with one attached hydrogen (secondary N) is 1. The highest BCUT2D eigenvalue weighted by Crippen LogP contribution is 2.33. The fraction of sp³-hybridized carbons (Fsp3) is 0.364. The lowest BCUT2D eigenvalue weighted by atomic mass is 9.84. The van der Waals surface area contributed by atoms with Crippen molar-refractivity contribution in [2.45, 2.75) is 44.9 Å². The van der Waals surface area contributed by atoms with Gasteiger partial charge in [-0.25, -0.2) is 4.68 Å². The quantitative estimate of drug-likeness (QED) is 0.578. The van der Waals surface area contributed by atoms with Gasteiger partial charge < -0.3 is 4.98 Å². The summed E-state index contributed by atoms with van der Waals surface area (Å²) in [5.41, 5.74) is 4.74. The number of nitrogens with zero attached hydrogens (tertiary/aromatic N) is 3. The Morgan fingerprint density at radius 1 is 1.15 bits per heavy atom. The number of thiazole rings is 1. The molecule has 5 heteroatoms. The lowest BCUT2D eigenvalue weighted by Crippen LogP contribution is -2.12. The van der Waals surface area contributed by atoms with E-state index < -0.39 is 0 Å². The SMILES string of the molecule is CCN=c1scc(-c2ccc(C3CCCCC3)cc2)n1N=Cc1ccc[nH]1. The van der Waals surface area contributed by atoms with Gasteiger partial charge in [0.25, 0.3) is 0 Å². The normalized spacial score (nSPS) is 16.4. The number of rotatable bonds is 5. The predicted octanol–water partition coefficient (Wildman–Crippen LogP) is 5.40. The van der Waals surface area contributed by atoms with Crippen LogP contribution in [0.15, 0.2) is 58.1 Å². The molecule has 1 aliphatic rings. The molecule has 0 radical (unpaired) electrons. The van der Waals surface area contributed by atoms with Gasteiger partial charge in [-0.3, -0.25) is 4.99 Å². The van der Waals surface area contributed by atoms with Gasteiger partial charge in [0.1, 0.15) is 0 Å². The lowest BCUT2D eigenvalue weighted by Gasteiger charge is -2.22. The minimum absolute atomic E-state index is 0.735. The van der Waals surface area contributed by atoms with Crippen LogP contribution in [0.2, 0.25) is 0 Å². The number of aromatic nitrogens is 2. The molecule has 2 aromatic heterocycles. The second-order valence-corrected chi connectivity index (χ2v) is 7.85. The van der Waals surface area contributed by atoms with Gasteiger partial charge in [-0.05, 0) is 43.4 Å². The molecule has 2 heterocycles. The van der Waals surface area contributed by atoms with Gasteiger partial charge in [0.2, 0.25) is 4.80 Å². The van der Waals surface area contributed by atoms with Gasteiger partial charge in [0.15, 0.2) is 0 Å². The van der Waals surface area contributed by atoms with Crippen LogP contribution in [0.4, 0.5) is 0 Å². The van der Waals surface area contributed by atoms with Crippen molar-refractivity contribution in [2.24, 2.45) is 10.1 Å². The molecule has 4 nitrogen and oxygen atoms in total. The Balaban J connectivity index is 1.65. The molecule has 27 heavy (non-hydrogen) atoms. The first-order chi connectivity index (χ1) is 13.3. The van der Waals surface area contributed by atoms with Crippen molar-refractivity contribution in [2.75, 3.05) is 6.54 Å². The van der Waals surface area contributed by atoms with Crippen LogP contribution in [-0.4, -0.2) is 22.4 Å². The summed E-state index contributed by atoms with van der Waals surface area (Å²) in [4.78, 5) is 8.69. The third kappa shape index (κ3) is 4.14. The second kappa shape index (κ2) is 8.53. The zero-order chi connectivity index (χ0) is 18.5. The number of benzene rings is 1. The van der Waals surface area contributed by atoms with E-state index >= 15 is 0 Å². The van der Waals surface area contributed by atoms with Gasteiger partial charge in [-0.2, -0.15) is 5.10 Å². The van der Waals surface area contributed by atoms with Crippen molar-refractivity contribution in [3.63, 3.8) is 0 Å². The Labute approximate surface area is 164 Å². The van der Waals surface area contributed by atoms with Gasteiger partial charge in [-0.1, -0.05) is 43.5 Å². The molecule has 0 unspecified atom stereocenters. The smallest absolute Gasteiger partial charge is 0.206 e. The van der Waals surface area contributed by atoms with Crippen LogP contribution in [0.1, 0.15) is 56.2 Å². The molecule has 140 valence electrons. The minimum atomic E-state index is 0.735. The number of aromatic amines is 1. The van der Waals surface area contributed by atoms with Gasteiger partial charge in [-0.15, -0.1) is 11.3 Å². The van der Waals surface area contributed by atoms with Crippen molar-refractivity contribution < 1.29 is 0 Å². The Hall–Kier alpha value is -2.40. The monoisotopic (exact) mass is 378 g/mol. The highest BCUT2D eigenvalue weighted by atomic mass is 32.1. The Kier molecular flexibility index (Phi) is 5.68. The molecular formula is C22H26N4S. The van der Waals surface area contributed by atoms with Crippen LogP contribution in [-0.2, 0) is 0 Å². The van der Waals surface area contributed by atoms with Gasteiger partial charge in [0.05, 0.1) is 17.6 Å². The van der Waals surface area contributed by atoms with E-state index in [2.05, 4.69) is 46.5 Å². The van der Waals surface area contributed by atoms with E-state index in [9.17, 15) is 0 Å². The molecule has 1 aliphatic carbocycles. The Bertz CT molecular complexity index is 939. The number of hydrogen-bond acceptors (Lipinski definition) is 3. The second-order valence-electron chi connectivity index (χ2n) is 7.02. The summed E-state index contributed by atoms with van der Waals surface area (Å²) in [6.07, 6.45) is 10.5.